The highest BCUT2D eigenvalue weighted by Gasteiger charge is 2.22. The first-order chi connectivity index (χ1) is 16.2. The topological polar surface area (TPSA) is 58.1 Å². The van der Waals surface area contributed by atoms with Crippen LogP contribution in [0.1, 0.15) is 28.8 Å². The van der Waals surface area contributed by atoms with E-state index in [1.807, 2.05) is 18.3 Å². The molecule has 0 radical (unpaired) electrons. The molecule has 6 heteroatoms. The van der Waals surface area contributed by atoms with Crippen molar-refractivity contribution in [3.05, 3.63) is 96.1 Å². The van der Waals surface area contributed by atoms with Gasteiger partial charge in [0, 0.05) is 49.0 Å². The van der Waals surface area contributed by atoms with Crippen LogP contribution in [0.3, 0.4) is 0 Å². The average molecular weight is 441 g/mol. The lowest BCUT2D eigenvalue weighted by Crippen LogP contribution is -2.44. The lowest BCUT2D eigenvalue weighted by molar-refractivity contribution is 0.0908. The van der Waals surface area contributed by atoms with Crippen LogP contribution >= 0.6 is 0 Å². The maximum Gasteiger partial charge on any atom is 0.253 e. The summed E-state index contributed by atoms with van der Waals surface area (Å²) < 4.78 is 13.4. The summed E-state index contributed by atoms with van der Waals surface area (Å²) in [4.78, 5) is 23.9. The van der Waals surface area contributed by atoms with Crippen LogP contribution in [0.5, 0.6) is 0 Å². The summed E-state index contributed by atoms with van der Waals surface area (Å²) in [6.45, 7) is 2.74. The number of carbonyl (C=O) groups excluding carboxylic acids is 1. The van der Waals surface area contributed by atoms with Crippen molar-refractivity contribution in [1.29, 1.82) is 0 Å². The number of pyridine rings is 2. The number of aromatic nitrogens is 2. The van der Waals surface area contributed by atoms with Crippen LogP contribution in [-0.4, -0.2) is 39.9 Å². The Balaban J connectivity index is 1.16. The molecule has 0 atom stereocenters. The van der Waals surface area contributed by atoms with E-state index in [9.17, 15) is 9.18 Å². The van der Waals surface area contributed by atoms with Gasteiger partial charge >= 0.3 is 0 Å². The second kappa shape index (κ2) is 9.46. The second-order valence-corrected chi connectivity index (χ2v) is 8.45. The number of benzene rings is 2. The van der Waals surface area contributed by atoms with Gasteiger partial charge in [0.2, 0.25) is 0 Å². The molecule has 3 heterocycles. The SMILES string of the molecule is O=C(NC1CCN(Cc2ccnc3ccccc23)CC1)c1ccc(-c2cccc(F)c2)nc1. The zero-order valence-corrected chi connectivity index (χ0v) is 18.2. The van der Waals surface area contributed by atoms with Gasteiger partial charge in [-0.15, -0.1) is 0 Å². The second-order valence-electron chi connectivity index (χ2n) is 8.45. The maximum absolute atomic E-state index is 13.4. The van der Waals surface area contributed by atoms with Crippen molar-refractivity contribution in [3.8, 4) is 11.3 Å². The van der Waals surface area contributed by atoms with Crippen molar-refractivity contribution in [2.75, 3.05) is 13.1 Å². The summed E-state index contributed by atoms with van der Waals surface area (Å²) in [5.41, 5.74) is 4.15. The zero-order chi connectivity index (χ0) is 22.6. The minimum Gasteiger partial charge on any atom is -0.349 e. The Morgan fingerprint density at radius 3 is 2.64 bits per heavy atom. The number of hydrogen-bond donors (Lipinski definition) is 1. The zero-order valence-electron chi connectivity index (χ0n) is 18.2. The third-order valence-corrected chi connectivity index (χ3v) is 6.20. The molecule has 0 unspecified atom stereocenters. The number of rotatable bonds is 5. The summed E-state index contributed by atoms with van der Waals surface area (Å²) in [5.74, 6) is -0.425. The first kappa shape index (κ1) is 21.2. The van der Waals surface area contributed by atoms with Crippen molar-refractivity contribution in [3.63, 3.8) is 0 Å². The molecule has 1 aliphatic heterocycles. The number of hydrogen-bond acceptors (Lipinski definition) is 4. The van der Waals surface area contributed by atoms with Crippen molar-refractivity contribution in [1.82, 2.24) is 20.2 Å². The summed E-state index contributed by atoms with van der Waals surface area (Å²) in [5, 5.41) is 4.34. The Morgan fingerprint density at radius 2 is 1.85 bits per heavy atom. The van der Waals surface area contributed by atoms with Crippen LogP contribution in [0.4, 0.5) is 4.39 Å². The smallest absolute Gasteiger partial charge is 0.253 e. The van der Waals surface area contributed by atoms with Crippen LogP contribution in [-0.2, 0) is 6.54 Å². The van der Waals surface area contributed by atoms with E-state index in [-0.39, 0.29) is 17.8 Å². The number of carbonyl (C=O) groups is 1. The molecule has 0 aliphatic carbocycles. The van der Waals surface area contributed by atoms with Crippen LogP contribution in [0.2, 0.25) is 0 Å². The first-order valence-corrected chi connectivity index (χ1v) is 11.2. The van der Waals surface area contributed by atoms with Crippen LogP contribution < -0.4 is 5.32 Å². The largest absolute Gasteiger partial charge is 0.349 e. The van der Waals surface area contributed by atoms with Gasteiger partial charge in [0.15, 0.2) is 0 Å². The third-order valence-electron chi connectivity index (χ3n) is 6.20. The van der Waals surface area contributed by atoms with E-state index >= 15 is 0 Å². The Labute approximate surface area is 192 Å². The third kappa shape index (κ3) is 4.91. The first-order valence-electron chi connectivity index (χ1n) is 11.2. The molecule has 0 spiro atoms. The Hall–Kier alpha value is -3.64. The number of amides is 1. The Kier molecular flexibility index (Phi) is 6.09. The molecule has 0 saturated carbocycles. The van der Waals surface area contributed by atoms with E-state index in [1.54, 1.807) is 30.5 Å². The van der Waals surface area contributed by atoms with E-state index in [0.29, 0.717) is 16.8 Å². The predicted molar refractivity (Wildman–Crippen MR) is 127 cm³/mol. The molecule has 5 nitrogen and oxygen atoms in total. The molecular formula is C27H25FN4O. The predicted octanol–water partition coefficient (Wildman–Crippen LogP) is 4.83. The van der Waals surface area contributed by atoms with Gasteiger partial charge < -0.3 is 5.32 Å². The van der Waals surface area contributed by atoms with Gasteiger partial charge in [0.25, 0.3) is 5.91 Å². The Morgan fingerprint density at radius 1 is 1.00 bits per heavy atom. The molecular weight excluding hydrogens is 415 g/mol. The highest BCUT2D eigenvalue weighted by Crippen LogP contribution is 2.21. The molecule has 4 aromatic rings. The van der Waals surface area contributed by atoms with Crippen LogP contribution in [0, 0.1) is 5.82 Å². The van der Waals surface area contributed by atoms with Crippen molar-refractivity contribution in [2.45, 2.75) is 25.4 Å². The van der Waals surface area contributed by atoms with Gasteiger partial charge in [-0.1, -0.05) is 30.3 Å². The quantitative estimate of drug-likeness (QED) is 0.483. The summed E-state index contributed by atoms with van der Waals surface area (Å²) >= 11 is 0. The van der Waals surface area contributed by atoms with Gasteiger partial charge in [-0.25, -0.2) is 4.39 Å². The minimum atomic E-state index is -0.306. The number of fused-ring (bicyclic) bond motifs is 1. The lowest BCUT2D eigenvalue weighted by Gasteiger charge is -2.32. The number of likely N-dealkylation sites (tertiary alicyclic amines) is 1. The van der Waals surface area contributed by atoms with Gasteiger partial charge in [-0.2, -0.15) is 0 Å². The molecule has 0 bridgehead atoms. The van der Waals surface area contributed by atoms with E-state index in [0.717, 1.165) is 38.0 Å². The summed E-state index contributed by atoms with van der Waals surface area (Å²) in [7, 11) is 0. The van der Waals surface area contributed by atoms with Gasteiger partial charge in [0.05, 0.1) is 16.8 Å². The molecule has 2 aromatic carbocycles. The molecule has 1 saturated heterocycles. The molecule has 33 heavy (non-hydrogen) atoms. The van der Waals surface area contributed by atoms with Crippen molar-refractivity contribution in [2.24, 2.45) is 0 Å². The number of nitrogens with zero attached hydrogens (tertiary/aromatic N) is 3. The number of halogens is 1. The minimum absolute atomic E-state index is 0.119. The van der Waals surface area contributed by atoms with Crippen molar-refractivity contribution < 1.29 is 9.18 Å². The molecule has 166 valence electrons. The van der Waals surface area contributed by atoms with E-state index in [1.165, 1.54) is 23.1 Å². The summed E-state index contributed by atoms with van der Waals surface area (Å²) in [6, 6.07) is 20.2. The molecule has 5 rings (SSSR count). The fraction of sp³-hybridized carbons (Fsp3) is 0.222. The number of para-hydroxylation sites is 1. The molecule has 2 aromatic heterocycles. The molecule has 1 fully saturated rings. The molecule has 1 amide bonds. The van der Waals surface area contributed by atoms with E-state index in [4.69, 9.17) is 0 Å². The highest BCUT2D eigenvalue weighted by molar-refractivity contribution is 5.94. The van der Waals surface area contributed by atoms with Crippen molar-refractivity contribution >= 4 is 16.8 Å². The average Bonchev–Trinajstić information content (AvgIpc) is 2.85. The van der Waals surface area contributed by atoms with Gasteiger partial charge in [0.1, 0.15) is 5.82 Å². The van der Waals surface area contributed by atoms with Crippen LogP contribution in [0.15, 0.2) is 79.1 Å². The fourth-order valence-electron chi connectivity index (χ4n) is 4.38. The Bertz CT molecular complexity index is 1260. The highest BCUT2D eigenvalue weighted by atomic mass is 19.1. The molecule has 1 aliphatic rings. The van der Waals surface area contributed by atoms with Gasteiger partial charge in [-0.3, -0.25) is 19.7 Å². The standard InChI is InChI=1S/C27H25FN4O/c28-22-5-3-4-19(16-22)25-9-8-20(17-30-25)27(33)31-23-11-14-32(15-12-23)18-21-10-13-29-26-7-2-1-6-24(21)26/h1-10,13,16-17,23H,11-12,14-15,18H2,(H,31,33). The van der Waals surface area contributed by atoms with Crippen LogP contribution in [0.25, 0.3) is 22.2 Å². The van der Waals surface area contributed by atoms with Gasteiger partial charge in [-0.05, 0) is 54.8 Å². The van der Waals surface area contributed by atoms with E-state index < -0.39 is 0 Å². The number of piperidine rings is 1. The molecule has 1 N–H and O–H groups in total. The summed E-state index contributed by atoms with van der Waals surface area (Å²) in [6.07, 6.45) is 5.24. The monoisotopic (exact) mass is 440 g/mol. The fourth-order valence-corrected chi connectivity index (χ4v) is 4.38. The maximum atomic E-state index is 13.4. The number of nitrogens with one attached hydrogen (secondary N) is 1. The normalized spacial score (nSPS) is 14.9. The lowest BCUT2D eigenvalue weighted by atomic mass is 10.0. The van der Waals surface area contributed by atoms with E-state index in [2.05, 4.69) is 38.4 Å².